The summed E-state index contributed by atoms with van der Waals surface area (Å²) >= 11 is 6.49. The Hall–Kier alpha value is -3.15. The van der Waals surface area contributed by atoms with Crippen LogP contribution in [0.4, 0.5) is 5.69 Å². The van der Waals surface area contributed by atoms with E-state index in [1.807, 2.05) is 18.2 Å². The lowest BCUT2D eigenvalue weighted by atomic mass is 9.68. The zero-order valence-corrected chi connectivity index (χ0v) is 31.6. The average Bonchev–Trinajstić information content (AvgIpc) is 3.28. The lowest BCUT2D eigenvalue weighted by molar-refractivity contribution is -0.168. The van der Waals surface area contributed by atoms with Gasteiger partial charge < -0.3 is 33.9 Å². The Morgan fingerprint density at radius 2 is 2.02 bits per heavy atom. The van der Waals surface area contributed by atoms with Crippen LogP contribution in [0.2, 0.25) is 5.02 Å². The zero-order chi connectivity index (χ0) is 36.5. The number of fused-ring (bicyclic) bond motifs is 4. The first-order chi connectivity index (χ1) is 25.1. The second-order valence-corrected chi connectivity index (χ2v) is 16.1. The van der Waals surface area contributed by atoms with Crippen molar-refractivity contribution in [3.63, 3.8) is 0 Å². The average molecular weight is 736 g/mol. The Labute approximate surface area is 313 Å². The van der Waals surface area contributed by atoms with Crippen LogP contribution in [0.5, 0.6) is 5.75 Å². The molecule has 0 radical (unpaired) electrons. The Kier molecular flexibility index (Phi) is 11.2. The van der Waals surface area contributed by atoms with E-state index in [-0.39, 0.29) is 17.4 Å². The molecule has 2 aliphatic carbocycles. The number of morpholine rings is 1. The van der Waals surface area contributed by atoms with Crippen LogP contribution >= 0.6 is 11.6 Å². The van der Waals surface area contributed by atoms with Crippen LogP contribution in [0.15, 0.2) is 48.6 Å². The van der Waals surface area contributed by atoms with Crippen molar-refractivity contribution in [2.24, 2.45) is 11.8 Å². The lowest BCUT2D eigenvalue weighted by Crippen LogP contribution is -2.50. The van der Waals surface area contributed by atoms with Crippen LogP contribution in [0, 0.1) is 11.8 Å². The van der Waals surface area contributed by atoms with Gasteiger partial charge in [0.25, 0.3) is 0 Å². The van der Waals surface area contributed by atoms with Crippen LogP contribution in [0.3, 0.4) is 0 Å². The van der Waals surface area contributed by atoms with Crippen molar-refractivity contribution in [1.82, 2.24) is 9.80 Å². The highest BCUT2D eigenvalue weighted by Crippen LogP contribution is 2.48. The van der Waals surface area contributed by atoms with E-state index in [1.165, 1.54) is 18.2 Å². The highest BCUT2D eigenvalue weighted by Gasteiger charge is 2.47. The fourth-order valence-corrected chi connectivity index (χ4v) is 9.26. The monoisotopic (exact) mass is 735 g/mol. The second kappa shape index (κ2) is 15.7. The van der Waals surface area contributed by atoms with Crippen molar-refractivity contribution in [1.29, 1.82) is 0 Å². The summed E-state index contributed by atoms with van der Waals surface area (Å²) in [6, 6.07) is 12.0. The molecule has 0 unspecified atom stereocenters. The summed E-state index contributed by atoms with van der Waals surface area (Å²) in [5.41, 5.74) is 1.22. The first-order valence-electron chi connectivity index (χ1n) is 19.1. The molecule has 2 fully saturated rings. The van der Waals surface area contributed by atoms with E-state index in [0.29, 0.717) is 61.9 Å². The molecule has 11 heteroatoms. The molecule has 1 N–H and O–H groups in total. The van der Waals surface area contributed by atoms with Crippen molar-refractivity contribution in [3.8, 4) is 5.75 Å². The third-order valence-corrected chi connectivity index (χ3v) is 12.6. The summed E-state index contributed by atoms with van der Waals surface area (Å²) in [5, 5.41) is 12.8. The van der Waals surface area contributed by atoms with Crippen LogP contribution in [-0.2, 0) is 41.2 Å². The molecule has 1 amide bonds. The molecule has 1 saturated heterocycles. The lowest BCUT2D eigenvalue weighted by Gasteiger charge is -2.46. The van der Waals surface area contributed by atoms with Crippen molar-refractivity contribution in [3.05, 3.63) is 70.3 Å². The second-order valence-electron chi connectivity index (χ2n) is 15.6. The summed E-state index contributed by atoms with van der Waals surface area (Å²) in [7, 11) is 2.95. The molecule has 5 aliphatic rings. The summed E-state index contributed by atoms with van der Waals surface area (Å²) < 4.78 is 24.2. The number of esters is 1. The quantitative estimate of drug-likeness (QED) is 0.332. The number of aliphatic hydroxyl groups is 1. The van der Waals surface area contributed by atoms with Gasteiger partial charge in [0.2, 0.25) is 5.91 Å². The Bertz CT molecular complexity index is 1650. The molecular weight excluding hydrogens is 682 g/mol. The number of carbonyl (C=O) groups excluding carboxylic acids is 2. The SMILES string of the molecule is COC(=O)[C@@]1(O)CC(=O)N(C)CC/C=C/[C@H](OCCN2CCOC[C@H]2C)[C@@H]2CC[C@H]2CN2C[C@@]3(CCCc4cc(Cl)ccc43)COc3ccc1cc32. The highest BCUT2D eigenvalue weighted by atomic mass is 35.5. The maximum Gasteiger partial charge on any atom is 0.343 e. The summed E-state index contributed by atoms with van der Waals surface area (Å²) in [4.78, 5) is 33.3. The minimum Gasteiger partial charge on any atom is -0.490 e. The first kappa shape index (κ1) is 37.2. The Morgan fingerprint density at radius 1 is 1.15 bits per heavy atom. The smallest absolute Gasteiger partial charge is 0.343 e. The number of carbonyl (C=O) groups is 2. The highest BCUT2D eigenvalue weighted by molar-refractivity contribution is 6.30. The number of amides is 1. The molecular formula is C41H54ClN3O7. The molecule has 282 valence electrons. The van der Waals surface area contributed by atoms with Gasteiger partial charge in [-0.25, -0.2) is 4.79 Å². The molecule has 6 atom stereocenters. The van der Waals surface area contributed by atoms with E-state index >= 15 is 0 Å². The van der Waals surface area contributed by atoms with E-state index in [1.54, 1.807) is 18.0 Å². The van der Waals surface area contributed by atoms with Crippen LogP contribution in [0.25, 0.3) is 0 Å². The molecule has 1 spiro atoms. The van der Waals surface area contributed by atoms with E-state index in [4.69, 9.17) is 30.5 Å². The number of hydrogen-bond acceptors (Lipinski definition) is 9. The first-order valence-corrected chi connectivity index (χ1v) is 19.4. The van der Waals surface area contributed by atoms with Crippen LogP contribution < -0.4 is 9.64 Å². The number of benzene rings is 2. The van der Waals surface area contributed by atoms with Gasteiger partial charge in [-0.1, -0.05) is 35.9 Å². The molecule has 2 aromatic rings. The number of ether oxygens (including phenoxy) is 4. The van der Waals surface area contributed by atoms with E-state index in [2.05, 4.69) is 41.0 Å². The van der Waals surface area contributed by atoms with Gasteiger partial charge in [-0.2, -0.15) is 0 Å². The number of aryl methyl sites for hydroxylation is 1. The maximum atomic E-state index is 13.6. The number of anilines is 1. The molecule has 10 nitrogen and oxygen atoms in total. The summed E-state index contributed by atoms with van der Waals surface area (Å²) in [6.45, 7) is 8.53. The van der Waals surface area contributed by atoms with Gasteiger partial charge in [-0.15, -0.1) is 0 Å². The fourth-order valence-electron chi connectivity index (χ4n) is 9.07. The van der Waals surface area contributed by atoms with Gasteiger partial charge >= 0.3 is 5.97 Å². The standard InChI is InChI=1S/C41H54ClN3O7/c1-28-25-50-19-17-44(28)18-20-51-36-8-4-5-16-43(2)38(46)23-41(48,39(47)49-3)31-10-14-37-35(22-31)45(24-30-9-12-33(30)36)26-40(27-52-37)15-6-7-29-21-32(42)11-13-34(29)40/h4,8,10-11,13-14,21-22,28,30,33,36,48H,5-7,9,12,15-20,23-27H2,1-3H3/b8-4+/t28-,30+,33-,36+,40+,41-/m1/s1. The number of nitrogens with zero attached hydrogens (tertiary/aromatic N) is 3. The molecule has 0 aromatic heterocycles. The minimum atomic E-state index is -2.16. The largest absolute Gasteiger partial charge is 0.490 e. The molecule has 7 rings (SSSR count). The third kappa shape index (κ3) is 7.47. The van der Waals surface area contributed by atoms with Gasteiger partial charge in [0.05, 0.1) is 51.7 Å². The summed E-state index contributed by atoms with van der Waals surface area (Å²) in [5.74, 6) is 0.160. The van der Waals surface area contributed by atoms with E-state index in [9.17, 15) is 14.7 Å². The van der Waals surface area contributed by atoms with Gasteiger partial charge in [-0.3, -0.25) is 9.69 Å². The van der Waals surface area contributed by atoms with Crippen molar-refractivity contribution < 1.29 is 33.6 Å². The zero-order valence-electron chi connectivity index (χ0n) is 30.9. The Balaban J connectivity index is 1.25. The van der Waals surface area contributed by atoms with Crippen molar-refractivity contribution >= 4 is 29.2 Å². The normalized spacial score (nSPS) is 31.8. The summed E-state index contributed by atoms with van der Waals surface area (Å²) in [6.07, 6.45) is 9.59. The third-order valence-electron chi connectivity index (χ3n) is 12.4. The molecule has 1 saturated carbocycles. The predicted octanol–water partition coefficient (Wildman–Crippen LogP) is 5.11. The van der Waals surface area contributed by atoms with Crippen molar-refractivity contribution in [2.75, 3.05) is 78.2 Å². The van der Waals surface area contributed by atoms with Crippen LogP contribution in [-0.4, -0.2) is 112 Å². The molecule has 3 aliphatic heterocycles. The number of rotatable bonds is 5. The predicted molar refractivity (Wildman–Crippen MR) is 200 cm³/mol. The van der Waals surface area contributed by atoms with Gasteiger partial charge in [0.15, 0.2) is 5.60 Å². The van der Waals surface area contributed by atoms with Gasteiger partial charge in [-0.05, 0) is 98.2 Å². The fraction of sp³-hybridized carbons (Fsp3) is 0.610. The molecule has 52 heavy (non-hydrogen) atoms. The topological polar surface area (TPSA) is 101 Å². The maximum absolute atomic E-state index is 13.6. The number of methoxy groups -OCH3 is 1. The Morgan fingerprint density at radius 3 is 2.81 bits per heavy atom. The number of halogens is 1. The molecule has 3 heterocycles. The molecule has 2 aromatic carbocycles. The van der Waals surface area contributed by atoms with E-state index in [0.717, 1.165) is 75.7 Å². The van der Waals surface area contributed by atoms with E-state index < -0.39 is 18.0 Å². The van der Waals surface area contributed by atoms with Gasteiger partial charge in [0.1, 0.15) is 5.75 Å². The van der Waals surface area contributed by atoms with Crippen LogP contribution in [0.1, 0.15) is 62.1 Å². The van der Waals surface area contributed by atoms with Crippen molar-refractivity contribution in [2.45, 2.75) is 75.0 Å². The minimum absolute atomic E-state index is 0.0473. The molecule has 2 bridgehead atoms. The van der Waals surface area contributed by atoms with Gasteiger partial charge in [0, 0.05) is 56.3 Å². The number of hydrogen-bond donors (Lipinski definition) is 1.